The molecule has 2 heterocycles. The summed E-state index contributed by atoms with van der Waals surface area (Å²) >= 11 is 5.92. The summed E-state index contributed by atoms with van der Waals surface area (Å²) in [5.41, 5.74) is 1.78. The van der Waals surface area contributed by atoms with Gasteiger partial charge in [0.15, 0.2) is 5.82 Å². The summed E-state index contributed by atoms with van der Waals surface area (Å²) in [7, 11) is 1.86. The van der Waals surface area contributed by atoms with E-state index in [0.29, 0.717) is 10.8 Å². The van der Waals surface area contributed by atoms with Gasteiger partial charge in [-0.15, -0.1) is 0 Å². The summed E-state index contributed by atoms with van der Waals surface area (Å²) < 4.78 is 1.73. The second-order valence-electron chi connectivity index (χ2n) is 3.15. The maximum absolute atomic E-state index is 5.92. The van der Waals surface area contributed by atoms with Crippen LogP contribution in [-0.2, 0) is 7.05 Å². The highest BCUT2D eigenvalue weighted by Crippen LogP contribution is 2.22. The number of aryl methyl sites for hydroxylation is 2. The lowest BCUT2D eigenvalue weighted by Crippen LogP contribution is -1.95. The Hall–Kier alpha value is -1.62. The van der Waals surface area contributed by atoms with Gasteiger partial charge in [-0.1, -0.05) is 11.6 Å². The third kappa shape index (κ3) is 2.07. The van der Waals surface area contributed by atoms with Gasteiger partial charge in [0.05, 0.1) is 17.6 Å². The van der Waals surface area contributed by atoms with Crippen LogP contribution in [0.2, 0.25) is 5.02 Å². The van der Waals surface area contributed by atoms with Crippen LogP contribution in [0, 0.1) is 6.92 Å². The lowest BCUT2D eigenvalue weighted by molar-refractivity contribution is 0.756. The van der Waals surface area contributed by atoms with Crippen LogP contribution in [0.15, 0.2) is 18.7 Å². The van der Waals surface area contributed by atoms with Gasteiger partial charge in [-0.3, -0.25) is 4.68 Å². The molecule has 15 heavy (non-hydrogen) atoms. The Kier molecular flexibility index (Phi) is 2.55. The van der Waals surface area contributed by atoms with Crippen molar-refractivity contribution in [1.29, 1.82) is 0 Å². The second-order valence-corrected chi connectivity index (χ2v) is 3.55. The van der Waals surface area contributed by atoms with Crippen LogP contribution in [0.25, 0.3) is 0 Å². The number of nitrogens with zero attached hydrogens (tertiary/aromatic N) is 4. The Morgan fingerprint density at radius 3 is 2.87 bits per heavy atom. The number of hydrogen-bond acceptors (Lipinski definition) is 4. The average molecular weight is 224 g/mol. The number of halogens is 1. The molecule has 2 aromatic heterocycles. The molecular formula is C9H10ClN5. The molecule has 0 saturated heterocycles. The molecule has 0 bridgehead atoms. The Labute approximate surface area is 92.1 Å². The SMILES string of the molecule is Cc1nn(C)cc1Nc1ncncc1Cl. The first kappa shape index (κ1) is 9.92. The smallest absolute Gasteiger partial charge is 0.152 e. The number of hydrogen-bond donors (Lipinski definition) is 1. The predicted molar refractivity (Wildman–Crippen MR) is 58.3 cm³/mol. The molecule has 0 saturated carbocycles. The molecule has 0 aromatic carbocycles. The van der Waals surface area contributed by atoms with Gasteiger partial charge in [-0.2, -0.15) is 5.10 Å². The molecule has 0 spiro atoms. The van der Waals surface area contributed by atoms with E-state index in [-0.39, 0.29) is 0 Å². The molecular weight excluding hydrogens is 214 g/mol. The molecule has 0 amide bonds. The van der Waals surface area contributed by atoms with Gasteiger partial charge in [0.2, 0.25) is 0 Å². The summed E-state index contributed by atoms with van der Waals surface area (Å²) in [5, 5.41) is 7.79. The minimum atomic E-state index is 0.487. The Bertz CT molecular complexity index is 479. The van der Waals surface area contributed by atoms with Gasteiger partial charge < -0.3 is 5.32 Å². The van der Waals surface area contributed by atoms with Gasteiger partial charge in [-0.05, 0) is 6.92 Å². The first-order valence-corrected chi connectivity index (χ1v) is 4.77. The van der Waals surface area contributed by atoms with E-state index in [4.69, 9.17) is 11.6 Å². The lowest BCUT2D eigenvalue weighted by atomic mass is 10.4. The van der Waals surface area contributed by atoms with Crippen molar-refractivity contribution in [2.45, 2.75) is 6.92 Å². The van der Waals surface area contributed by atoms with E-state index in [0.717, 1.165) is 11.4 Å². The Morgan fingerprint density at radius 1 is 1.47 bits per heavy atom. The fraction of sp³-hybridized carbons (Fsp3) is 0.222. The van der Waals surface area contributed by atoms with E-state index >= 15 is 0 Å². The number of nitrogens with one attached hydrogen (secondary N) is 1. The van der Waals surface area contributed by atoms with Crippen molar-refractivity contribution in [3.05, 3.63) is 29.4 Å². The van der Waals surface area contributed by atoms with Crippen LogP contribution in [0.1, 0.15) is 5.69 Å². The van der Waals surface area contributed by atoms with Crippen molar-refractivity contribution in [2.24, 2.45) is 7.05 Å². The molecule has 0 unspecified atom stereocenters. The van der Waals surface area contributed by atoms with Crippen molar-refractivity contribution in [2.75, 3.05) is 5.32 Å². The zero-order chi connectivity index (χ0) is 10.8. The zero-order valence-corrected chi connectivity index (χ0v) is 9.15. The number of anilines is 2. The number of rotatable bonds is 2. The standard InChI is InChI=1S/C9H10ClN5/c1-6-8(4-15(2)14-6)13-9-7(10)3-11-5-12-9/h3-5H,1-2H3,(H,11,12,13). The molecule has 1 N–H and O–H groups in total. The monoisotopic (exact) mass is 223 g/mol. The third-order valence-electron chi connectivity index (χ3n) is 1.93. The zero-order valence-electron chi connectivity index (χ0n) is 8.40. The molecule has 5 nitrogen and oxygen atoms in total. The highest BCUT2D eigenvalue weighted by atomic mass is 35.5. The fourth-order valence-corrected chi connectivity index (χ4v) is 1.41. The van der Waals surface area contributed by atoms with Crippen molar-refractivity contribution < 1.29 is 0 Å². The van der Waals surface area contributed by atoms with Crippen LogP contribution < -0.4 is 5.32 Å². The van der Waals surface area contributed by atoms with E-state index in [1.54, 1.807) is 10.9 Å². The number of aromatic nitrogens is 4. The van der Waals surface area contributed by atoms with Crippen LogP contribution in [0.5, 0.6) is 0 Å². The van der Waals surface area contributed by atoms with Crippen molar-refractivity contribution in [3.63, 3.8) is 0 Å². The summed E-state index contributed by atoms with van der Waals surface area (Å²) in [6.07, 6.45) is 4.86. The van der Waals surface area contributed by atoms with Gasteiger partial charge >= 0.3 is 0 Å². The molecule has 2 aromatic rings. The second kappa shape index (κ2) is 3.86. The van der Waals surface area contributed by atoms with Crippen molar-refractivity contribution >= 4 is 23.1 Å². The highest BCUT2D eigenvalue weighted by molar-refractivity contribution is 6.32. The molecule has 0 radical (unpaired) electrons. The predicted octanol–water partition coefficient (Wildman–Crippen LogP) is 1.92. The van der Waals surface area contributed by atoms with Crippen LogP contribution in [-0.4, -0.2) is 19.7 Å². The summed E-state index contributed by atoms with van der Waals surface area (Å²) in [6.45, 7) is 1.91. The summed E-state index contributed by atoms with van der Waals surface area (Å²) in [4.78, 5) is 7.84. The van der Waals surface area contributed by atoms with Crippen molar-refractivity contribution in [3.8, 4) is 0 Å². The van der Waals surface area contributed by atoms with Gasteiger partial charge in [-0.25, -0.2) is 9.97 Å². The maximum atomic E-state index is 5.92. The Morgan fingerprint density at radius 2 is 2.27 bits per heavy atom. The summed E-state index contributed by atoms with van der Waals surface area (Å²) in [5.74, 6) is 0.586. The van der Waals surface area contributed by atoms with Crippen LogP contribution in [0.3, 0.4) is 0 Å². The largest absolute Gasteiger partial charge is 0.336 e. The molecule has 0 aliphatic carbocycles. The molecule has 0 aliphatic rings. The maximum Gasteiger partial charge on any atom is 0.152 e. The van der Waals surface area contributed by atoms with Gasteiger partial charge in [0, 0.05) is 13.2 Å². The molecule has 0 aliphatic heterocycles. The van der Waals surface area contributed by atoms with Crippen molar-refractivity contribution in [1.82, 2.24) is 19.7 Å². The minimum absolute atomic E-state index is 0.487. The van der Waals surface area contributed by atoms with Gasteiger partial charge in [0.1, 0.15) is 11.3 Å². The van der Waals surface area contributed by atoms with E-state index < -0.39 is 0 Å². The topological polar surface area (TPSA) is 55.6 Å². The van der Waals surface area contributed by atoms with Crippen LogP contribution >= 0.6 is 11.6 Å². The normalized spacial score (nSPS) is 10.3. The fourth-order valence-electron chi connectivity index (χ4n) is 1.25. The minimum Gasteiger partial charge on any atom is -0.336 e. The molecule has 0 fully saturated rings. The molecule has 2 rings (SSSR count). The van der Waals surface area contributed by atoms with E-state index in [2.05, 4.69) is 20.4 Å². The summed E-state index contributed by atoms with van der Waals surface area (Å²) in [6, 6.07) is 0. The van der Waals surface area contributed by atoms with E-state index in [9.17, 15) is 0 Å². The van der Waals surface area contributed by atoms with Gasteiger partial charge in [0.25, 0.3) is 0 Å². The molecule has 6 heteroatoms. The Balaban J connectivity index is 2.29. The van der Waals surface area contributed by atoms with E-state index in [1.165, 1.54) is 6.33 Å². The first-order valence-electron chi connectivity index (χ1n) is 4.39. The third-order valence-corrected chi connectivity index (χ3v) is 2.21. The van der Waals surface area contributed by atoms with Crippen LogP contribution in [0.4, 0.5) is 11.5 Å². The lowest BCUT2D eigenvalue weighted by Gasteiger charge is -2.04. The molecule has 78 valence electrons. The quantitative estimate of drug-likeness (QED) is 0.845. The van der Waals surface area contributed by atoms with E-state index in [1.807, 2.05) is 20.2 Å². The average Bonchev–Trinajstić information content (AvgIpc) is 2.49. The highest BCUT2D eigenvalue weighted by Gasteiger charge is 2.06. The molecule has 0 atom stereocenters. The first-order chi connectivity index (χ1) is 7.16.